The molecule has 0 aliphatic heterocycles. The summed E-state index contributed by atoms with van der Waals surface area (Å²) in [7, 11) is -9.82. The number of hydrogen-bond donors (Lipinski definition) is 4. The highest BCUT2D eigenvalue weighted by atomic mass is 31.2. The Labute approximate surface area is 740 Å². The Morgan fingerprint density at radius 2 is 0.438 bits per heavy atom. The maximum atomic E-state index is 13.1. The van der Waals surface area contributed by atoms with Gasteiger partial charge in [0.15, 0.2) is 6.10 Å². The Balaban J connectivity index is 4.56. The van der Waals surface area contributed by atoms with Gasteiger partial charge < -0.3 is 34.2 Å². The van der Waals surface area contributed by atoms with Crippen molar-refractivity contribution in [2.75, 3.05) is 39.6 Å². The molecular weight excluding hydrogens is 1560 g/mol. The number of hydrogen-bond acceptors (Lipinski definition) is 14. The number of esters is 3. The van der Waals surface area contributed by atoms with E-state index < -0.39 is 91.5 Å². The summed E-state index contributed by atoms with van der Waals surface area (Å²) in [6, 6.07) is 0. The van der Waals surface area contributed by atoms with Crippen molar-refractivity contribution in [2.24, 2.45) is 0 Å². The Hall–Kier alpha value is -4.83. The number of phosphoric ester groups is 2. The lowest BCUT2D eigenvalue weighted by atomic mass is 10.0. The third-order valence-electron chi connectivity index (χ3n) is 20.7. The molecule has 0 aliphatic carbocycles. The van der Waals surface area contributed by atoms with Crippen molar-refractivity contribution in [3.05, 3.63) is 158 Å². The van der Waals surface area contributed by atoms with Crippen LogP contribution in [0.4, 0.5) is 0 Å². The van der Waals surface area contributed by atoms with Crippen LogP contribution in [0.25, 0.3) is 0 Å². The average Bonchev–Trinajstić information content (AvgIpc) is 0.899. The van der Waals surface area contributed by atoms with E-state index in [1.165, 1.54) is 205 Å². The molecule has 0 fully saturated rings. The van der Waals surface area contributed by atoms with Gasteiger partial charge in [-0.25, -0.2) is 9.13 Å². The highest BCUT2D eigenvalue weighted by Crippen LogP contribution is 2.45. The molecule has 0 saturated heterocycles. The molecule has 0 aromatic heterocycles. The standard InChI is InChI=1S/C103H178O16P2/c1-4-7-10-13-16-19-22-25-28-31-34-37-40-43-44-45-46-47-48-49-50-51-52-55-57-59-62-65-68-71-74-77-80-83-86-89-101(106)113-92-98(104)93-115-120(109,110)116-94-99(105)95-117-121(111,112)118-97-100(119-103(108)91-88-85-82-79-76-73-70-67-64-61-58-54-42-39-36-33-30-27-24-21-18-15-12-9-6-3)96-114-102(107)90-87-84-81-78-75-72-69-66-63-60-56-53-41-38-35-32-29-26-23-20-17-14-11-8-5-2/h8,11,16-21,25-30,34-39,43-44,53-54,56,58,98-100,104-105H,4-7,9-10,12-15,22-24,31-33,40-42,45-52,55,57,59-97H2,1-3H3,(H,109,110)(H,111,112)/b11-8-,19-16-,20-17-,21-18-,28-25-,29-26-,30-27-,37-34-,38-35-,39-36-,44-43-,56-53-,58-54-. The Morgan fingerprint density at radius 1 is 0.240 bits per heavy atom. The number of aliphatic hydroxyl groups excluding tert-OH is 2. The van der Waals surface area contributed by atoms with Gasteiger partial charge in [0.2, 0.25) is 0 Å². The van der Waals surface area contributed by atoms with Crippen LogP contribution in [-0.4, -0.2) is 95.9 Å². The number of ether oxygens (including phenoxy) is 3. The van der Waals surface area contributed by atoms with E-state index >= 15 is 0 Å². The summed E-state index contributed by atoms with van der Waals surface area (Å²) in [4.78, 5) is 59.1. The molecule has 18 heteroatoms. The second-order valence-electron chi connectivity index (χ2n) is 32.5. The molecule has 0 aromatic rings. The Bertz CT molecular complexity index is 2830. The number of phosphoric acid groups is 2. The molecule has 5 unspecified atom stereocenters. The van der Waals surface area contributed by atoms with Gasteiger partial charge in [-0.05, 0) is 154 Å². The van der Waals surface area contributed by atoms with Crippen LogP contribution in [-0.2, 0) is 55.8 Å². The molecule has 0 radical (unpaired) electrons. The first-order chi connectivity index (χ1) is 59.2. The van der Waals surface area contributed by atoms with E-state index in [0.29, 0.717) is 19.3 Å². The molecule has 0 bridgehead atoms. The molecule has 121 heavy (non-hydrogen) atoms. The molecule has 0 amide bonds. The first-order valence-corrected chi connectivity index (χ1v) is 51.8. The van der Waals surface area contributed by atoms with Crippen molar-refractivity contribution < 1.29 is 75.8 Å². The maximum Gasteiger partial charge on any atom is 0.472 e. The molecule has 0 heterocycles. The molecule has 0 saturated carbocycles. The van der Waals surface area contributed by atoms with Crippen LogP contribution in [0.3, 0.4) is 0 Å². The third-order valence-corrected chi connectivity index (χ3v) is 22.6. The fourth-order valence-electron chi connectivity index (χ4n) is 13.3. The van der Waals surface area contributed by atoms with E-state index in [1.54, 1.807) is 0 Å². The molecule has 0 spiro atoms. The predicted molar refractivity (Wildman–Crippen MR) is 509 cm³/mol. The van der Waals surface area contributed by atoms with Gasteiger partial charge in [0.25, 0.3) is 0 Å². The summed E-state index contributed by atoms with van der Waals surface area (Å²) >= 11 is 0. The number of carbonyl (C=O) groups excluding carboxylic acids is 3. The van der Waals surface area contributed by atoms with E-state index in [-0.39, 0.29) is 19.3 Å². The lowest BCUT2D eigenvalue weighted by Gasteiger charge is -2.21. The van der Waals surface area contributed by atoms with Gasteiger partial charge in [0, 0.05) is 19.3 Å². The smallest absolute Gasteiger partial charge is 0.463 e. The minimum Gasteiger partial charge on any atom is -0.463 e. The van der Waals surface area contributed by atoms with Crippen molar-refractivity contribution in [3.63, 3.8) is 0 Å². The van der Waals surface area contributed by atoms with E-state index in [9.17, 15) is 43.5 Å². The zero-order valence-corrected chi connectivity index (χ0v) is 78.7. The third kappa shape index (κ3) is 95.7. The van der Waals surface area contributed by atoms with Crippen LogP contribution < -0.4 is 0 Å². The van der Waals surface area contributed by atoms with Gasteiger partial charge in [-0.1, -0.05) is 403 Å². The van der Waals surface area contributed by atoms with Crippen LogP contribution >= 0.6 is 15.6 Å². The highest BCUT2D eigenvalue weighted by molar-refractivity contribution is 7.47. The zero-order valence-electron chi connectivity index (χ0n) is 76.9. The topological polar surface area (TPSA) is 231 Å². The van der Waals surface area contributed by atoms with Gasteiger partial charge in [-0.15, -0.1) is 0 Å². The van der Waals surface area contributed by atoms with Crippen molar-refractivity contribution in [2.45, 2.75) is 437 Å². The zero-order chi connectivity index (χ0) is 87.9. The second-order valence-corrected chi connectivity index (χ2v) is 35.4. The predicted octanol–water partition coefficient (Wildman–Crippen LogP) is 30.5. The molecule has 5 atom stereocenters. The lowest BCUT2D eigenvalue weighted by molar-refractivity contribution is -0.161. The van der Waals surface area contributed by atoms with E-state index in [1.807, 2.05) is 0 Å². The average molecular weight is 1730 g/mol. The van der Waals surface area contributed by atoms with E-state index in [0.717, 1.165) is 154 Å². The Kier molecular flexibility index (Phi) is 90.5. The van der Waals surface area contributed by atoms with Crippen molar-refractivity contribution in [3.8, 4) is 0 Å². The van der Waals surface area contributed by atoms with Crippen LogP contribution in [0.1, 0.15) is 419 Å². The fourth-order valence-corrected chi connectivity index (χ4v) is 14.9. The number of unbranched alkanes of at least 4 members (excludes halogenated alkanes) is 43. The van der Waals surface area contributed by atoms with Gasteiger partial charge in [-0.2, -0.15) is 0 Å². The summed E-state index contributed by atoms with van der Waals surface area (Å²) in [6.45, 7) is 2.56. The number of rotatable bonds is 92. The van der Waals surface area contributed by atoms with Gasteiger partial charge >= 0.3 is 33.6 Å². The Morgan fingerprint density at radius 3 is 0.694 bits per heavy atom. The largest absolute Gasteiger partial charge is 0.472 e. The quantitative estimate of drug-likeness (QED) is 0.0146. The van der Waals surface area contributed by atoms with Crippen LogP contribution in [0.15, 0.2) is 158 Å². The van der Waals surface area contributed by atoms with Crippen LogP contribution in [0.2, 0.25) is 0 Å². The van der Waals surface area contributed by atoms with Crippen molar-refractivity contribution in [1.82, 2.24) is 0 Å². The molecule has 16 nitrogen and oxygen atoms in total. The minimum absolute atomic E-state index is 0.0925. The van der Waals surface area contributed by atoms with E-state index in [2.05, 4.69) is 179 Å². The molecule has 0 aliphatic rings. The van der Waals surface area contributed by atoms with Gasteiger partial charge in [-0.3, -0.25) is 32.5 Å². The normalized spacial score (nSPS) is 14.4. The molecule has 696 valence electrons. The molecule has 0 aromatic carbocycles. The first kappa shape index (κ1) is 116. The monoisotopic (exact) mass is 1730 g/mol. The molecule has 0 rings (SSSR count). The van der Waals surface area contributed by atoms with Crippen LogP contribution in [0.5, 0.6) is 0 Å². The number of allylic oxidation sites excluding steroid dienone is 26. The fraction of sp³-hybridized carbons (Fsp3) is 0.718. The van der Waals surface area contributed by atoms with Crippen molar-refractivity contribution >= 4 is 33.6 Å². The van der Waals surface area contributed by atoms with E-state index in [4.69, 9.17) is 32.3 Å². The van der Waals surface area contributed by atoms with Gasteiger partial charge in [0.1, 0.15) is 25.4 Å². The highest BCUT2D eigenvalue weighted by Gasteiger charge is 2.30. The molecular formula is C103H178O16P2. The molecule has 4 N–H and O–H groups in total. The first-order valence-electron chi connectivity index (χ1n) is 48.8. The van der Waals surface area contributed by atoms with Crippen LogP contribution in [0, 0.1) is 0 Å². The maximum absolute atomic E-state index is 13.1. The SMILES string of the molecule is CC/C=C\C/C=C\C/C=C\C/C=C\C/C=C\CCCCCCCCCCCC(=O)OCC(COP(=O)(O)OCC(O)COP(=O)(O)OCC(O)COC(=O)CCCCCCCCCCCCCCCCCCCCC/C=C\C/C=C\C/C=C\C/C=C\CCCCC)OC(=O)CCCCCCCCCCC/C=C\C/C=C\C/C=C\C/C=C\CCCCC. The summed E-state index contributed by atoms with van der Waals surface area (Å²) in [6.07, 6.45) is 121. The number of carbonyl (C=O) groups is 3. The summed E-state index contributed by atoms with van der Waals surface area (Å²) < 4.78 is 61.6. The summed E-state index contributed by atoms with van der Waals surface area (Å²) in [5, 5.41) is 20.8. The summed E-state index contributed by atoms with van der Waals surface area (Å²) in [5.41, 5.74) is 0. The summed E-state index contributed by atoms with van der Waals surface area (Å²) in [5.74, 6) is -1.58. The second kappa shape index (κ2) is 94.3. The lowest BCUT2D eigenvalue weighted by Crippen LogP contribution is -2.30. The number of aliphatic hydroxyl groups is 2. The van der Waals surface area contributed by atoms with Crippen molar-refractivity contribution in [1.29, 1.82) is 0 Å². The minimum atomic E-state index is -4.95. The van der Waals surface area contributed by atoms with Gasteiger partial charge in [0.05, 0.1) is 26.4 Å².